The van der Waals surface area contributed by atoms with Gasteiger partial charge in [-0.25, -0.2) is 9.97 Å². The van der Waals surface area contributed by atoms with Crippen molar-refractivity contribution < 1.29 is 14.3 Å². The Morgan fingerprint density at radius 2 is 1.96 bits per heavy atom. The van der Waals surface area contributed by atoms with Crippen LogP contribution in [0.2, 0.25) is 0 Å². The molecule has 0 radical (unpaired) electrons. The fourth-order valence-electron chi connectivity index (χ4n) is 2.28. The number of rotatable bonds is 9. The van der Waals surface area contributed by atoms with Crippen LogP contribution in [-0.2, 0) is 9.59 Å². The maximum absolute atomic E-state index is 12.3. The van der Waals surface area contributed by atoms with Gasteiger partial charge in [-0.05, 0) is 25.1 Å². The van der Waals surface area contributed by atoms with Gasteiger partial charge < -0.3 is 20.3 Å². The second-order valence-corrected chi connectivity index (χ2v) is 5.44. The molecule has 26 heavy (non-hydrogen) atoms. The van der Waals surface area contributed by atoms with Crippen LogP contribution in [0.4, 0.5) is 11.6 Å². The number of aromatic nitrogens is 2. The van der Waals surface area contributed by atoms with Gasteiger partial charge in [0.25, 0.3) is 0 Å². The number of anilines is 2. The minimum atomic E-state index is -0.257. The second kappa shape index (κ2) is 9.97. The summed E-state index contributed by atoms with van der Waals surface area (Å²) in [6.07, 6.45) is 3.50. The molecule has 0 fully saturated rings. The minimum Gasteiger partial charge on any atom is -0.497 e. The Bertz CT molecular complexity index is 724. The number of nitrogens with zero attached hydrogens (tertiary/aromatic N) is 3. The molecule has 0 aliphatic heterocycles. The fourth-order valence-corrected chi connectivity index (χ4v) is 2.28. The fraction of sp³-hybridized carbons (Fsp3) is 0.333. The molecule has 0 spiro atoms. The van der Waals surface area contributed by atoms with Gasteiger partial charge in [-0.15, -0.1) is 0 Å². The molecular formula is C18H23N5O3. The normalized spacial score (nSPS) is 10.1. The van der Waals surface area contributed by atoms with Crippen LogP contribution >= 0.6 is 0 Å². The van der Waals surface area contributed by atoms with Crippen LogP contribution in [0.25, 0.3) is 0 Å². The van der Waals surface area contributed by atoms with E-state index < -0.39 is 0 Å². The number of nitrogens with one attached hydrogen (secondary N) is 2. The Morgan fingerprint density at radius 1 is 1.19 bits per heavy atom. The van der Waals surface area contributed by atoms with Crippen molar-refractivity contribution in [1.82, 2.24) is 14.9 Å². The SMILES string of the molecule is CCN(CC(=O)Nc1cccc(OC)c1)C(=O)CCNc1ncccn1. The summed E-state index contributed by atoms with van der Waals surface area (Å²) in [6, 6.07) is 8.79. The Kier molecular flexibility index (Phi) is 7.35. The van der Waals surface area contributed by atoms with Gasteiger partial charge in [-0.2, -0.15) is 0 Å². The van der Waals surface area contributed by atoms with Crippen molar-refractivity contribution in [2.45, 2.75) is 13.3 Å². The van der Waals surface area contributed by atoms with Crippen LogP contribution in [0.5, 0.6) is 5.75 Å². The topological polar surface area (TPSA) is 96.5 Å². The van der Waals surface area contributed by atoms with Gasteiger partial charge in [0.05, 0.1) is 13.7 Å². The highest BCUT2D eigenvalue weighted by molar-refractivity contribution is 5.94. The number of carbonyl (C=O) groups is 2. The molecule has 2 aromatic rings. The standard InChI is InChI=1S/C18H23N5O3/c1-3-23(17(25)8-11-21-18-19-9-5-10-20-18)13-16(24)22-14-6-4-7-15(12-14)26-2/h4-7,9-10,12H,3,8,11,13H2,1-2H3,(H,22,24)(H,19,20,21). The van der Waals surface area contributed by atoms with Gasteiger partial charge in [-0.1, -0.05) is 6.07 Å². The molecule has 0 aliphatic rings. The van der Waals surface area contributed by atoms with E-state index in [-0.39, 0.29) is 24.8 Å². The molecule has 0 bridgehead atoms. The predicted octanol–water partition coefficient (Wildman–Crippen LogP) is 1.77. The number of hydrogen-bond donors (Lipinski definition) is 2. The zero-order chi connectivity index (χ0) is 18.8. The summed E-state index contributed by atoms with van der Waals surface area (Å²) in [5.74, 6) is 0.754. The first-order valence-corrected chi connectivity index (χ1v) is 8.35. The Labute approximate surface area is 152 Å². The smallest absolute Gasteiger partial charge is 0.243 e. The molecule has 8 nitrogen and oxygen atoms in total. The minimum absolute atomic E-state index is 0.00558. The van der Waals surface area contributed by atoms with Gasteiger partial charge in [0.15, 0.2) is 0 Å². The van der Waals surface area contributed by atoms with E-state index in [1.807, 2.05) is 6.92 Å². The number of amides is 2. The first kappa shape index (κ1) is 19.2. The summed E-state index contributed by atoms with van der Waals surface area (Å²) < 4.78 is 5.12. The van der Waals surface area contributed by atoms with Crippen molar-refractivity contribution >= 4 is 23.5 Å². The van der Waals surface area contributed by atoms with E-state index in [4.69, 9.17) is 4.74 Å². The summed E-state index contributed by atoms with van der Waals surface area (Å²) in [4.78, 5) is 34.1. The maximum Gasteiger partial charge on any atom is 0.243 e. The van der Waals surface area contributed by atoms with Gasteiger partial charge in [0.1, 0.15) is 5.75 Å². The molecule has 0 aliphatic carbocycles. The van der Waals surface area contributed by atoms with E-state index in [1.54, 1.807) is 49.8 Å². The molecule has 0 atom stereocenters. The van der Waals surface area contributed by atoms with Crippen molar-refractivity contribution in [1.29, 1.82) is 0 Å². The lowest BCUT2D eigenvalue weighted by Gasteiger charge is -2.20. The molecule has 1 aromatic heterocycles. The molecule has 0 saturated carbocycles. The third-order valence-corrected chi connectivity index (χ3v) is 3.61. The summed E-state index contributed by atoms with van der Waals surface area (Å²) in [5, 5.41) is 5.75. The zero-order valence-corrected chi connectivity index (χ0v) is 14.9. The summed E-state index contributed by atoms with van der Waals surface area (Å²) >= 11 is 0. The third-order valence-electron chi connectivity index (χ3n) is 3.61. The van der Waals surface area contributed by atoms with Crippen LogP contribution in [0, 0.1) is 0 Å². The van der Waals surface area contributed by atoms with Crippen molar-refractivity contribution in [3.63, 3.8) is 0 Å². The molecule has 138 valence electrons. The van der Waals surface area contributed by atoms with E-state index in [0.717, 1.165) is 0 Å². The highest BCUT2D eigenvalue weighted by atomic mass is 16.5. The zero-order valence-electron chi connectivity index (χ0n) is 14.9. The number of hydrogen-bond acceptors (Lipinski definition) is 6. The summed E-state index contributed by atoms with van der Waals surface area (Å²) in [7, 11) is 1.56. The van der Waals surface area contributed by atoms with E-state index >= 15 is 0 Å². The van der Waals surface area contributed by atoms with Crippen LogP contribution in [0.15, 0.2) is 42.7 Å². The molecule has 2 rings (SSSR count). The molecule has 1 heterocycles. The summed E-state index contributed by atoms with van der Waals surface area (Å²) in [5.41, 5.74) is 0.626. The van der Waals surface area contributed by atoms with Crippen molar-refractivity contribution in [3.05, 3.63) is 42.7 Å². The number of likely N-dealkylation sites (N-methyl/N-ethyl adjacent to an activating group) is 1. The maximum atomic E-state index is 12.3. The van der Waals surface area contributed by atoms with Crippen molar-refractivity contribution in [2.24, 2.45) is 0 Å². The number of carbonyl (C=O) groups excluding carboxylic acids is 2. The van der Waals surface area contributed by atoms with Crippen LogP contribution < -0.4 is 15.4 Å². The number of ether oxygens (including phenoxy) is 1. The molecule has 2 amide bonds. The Morgan fingerprint density at radius 3 is 2.65 bits per heavy atom. The first-order chi connectivity index (χ1) is 12.6. The second-order valence-electron chi connectivity index (χ2n) is 5.44. The van der Waals surface area contributed by atoms with Crippen LogP contribution in [-0.4, -0.2) is 53.4 Å². The van der Waals surface area contributed by atoms with E-state index in [0.29, 0.717) is 30.5 Å². The van der Waals surface area contributed by atoms with E-state index in [1.165, 1.54) is 4.90 Å². The van der Waals surface area contributed by atoms with E-state index in [9.17, 15) is 9.59 Å². The monoisotopic (exact) mass is 357 g/mol. The van der Waals surface area contributed by atoms with Gasteiger partial charge >= 0.3 is 0 Å². The van der Waals surface area contributed by atoms with Crippen molar-refractivity contribution in [3.8, 4) is 5.75 Å². The molecule has 1 aromatic carbocycles. The quantitative estimate of drug-likeness (QED) is 0.710. The predicted molar refractivity (Wildman–Crippen MR) is 99.0 cm³/mol. The number of methoxy groups -OCH3 is 1. The molecule has 8 heteroatoms. The van der Waals surface area contributed by atoms with Gasteiger partial charge in [-0.3, -0.25) is 9.59 Å². The van der Waals surface area contributed by atoms with Crippen LogP contribution in [0.3, 0.4) is 0 Å². The molecule has 2 N–H and O–H groups in total. The summed E-state index contributed by atoms with van der Waals surface area (Å²) in [6.45, 7) is 2.68. The Hall–Kier alpha value is -3.16. The van der Waals surface area contributed by atoms with Crippen LogP contribution in [0.1, 0.15) is 13.3 Å². The number of benzene rings is 1. The van der Waals surface area contributed by atoms with Gasteiger partial charge in [0.2, 0.25) is 17.8 Å². The molecule has 0 saturated heterocycles. The van der Waals surface area contributed by atoms with Crippen molar-refractivity contribution in [2.75, 3.05) is 37.4 Å². The van der Waals surface area contributed by atoms with E-state index in [2.05, 4.69) is 20.6 Å². The highest BCUT2D eigenvalue weighted by Crippen LogP contribution is 2.16. The van der Waals surface area contributed by atoms with Gasteiger partial charge in [0, 0.05) is 43.7 Å². The third kappa shape index (κ3) is 6.04. The Balaban J connectivity index is 1.80. The lowest BCUT2D eigenvalue weighted by molar-refractivity contribution is -0.134. The molecular weight excluding hydrogens is 334 g/mol. The largest absolute Gasteiger partial charge is 0.497 e. The lowest BCUT2D eigenvalue weighted by atomic mass is 10.3. The highest BCUT2D eigenvalue weighted by Gasteiger charge is 2.15. The average molecular weight is 357 g/mol. The first-order valence-electron chi connectivity index (χ1n) is 8.35. The average Bonchev–Trinajstić information content (AvgIpc) is 2.67. The lowest BCUT2D eigenvalue weighted by Crippen LogP contribution is -2.38. The molecule has 0 unspecified atom stereocenters.